The Bertz CT molecular complexity index is 933. The molecule has 140 valence electrons. The van der Waals surface area contributed by atoms with E-state index in [1.807, 2.05) is 81.4 Å². The number of aryl methyl sites for hydroxylation is 1. The maximum absolute atomic E-state index is 12.8. The highest BCUT2D eigenvalue weighted by Crippen LogP contribution is 2.24. The SMILES string of the molecule is CCOc1cn(-c2ccccc2)nc1C(=O)Nc1ccc(N(C)C)c(C)c1. The lowest BCUT2D eigenvalue weighted by Crippen LogP contribution is -2.15. The Hall–Kier alpha value is -3.28. The van der Waals surface area contributed by atoms with Gasteiger partial charge in [0, 0.05) is 25.5 Å². The smallest absolute Gasteiger partial charge is 0.280 e. The van der Waals surface area contributed by atoms with Crippen LogP contribution in [0.3, 0.4) is 0 Å². The number of nitrogens with zero attached hydrogens (tertiary/aromatic N) is 3. The summed E-state index contributed by atoms with van der Waals surface area (Å²) in [4.78, 5) is 14.8. The molecule has 0 saturated heterocycles. The number of carbonyl (C=O) groups is 1. The van der Waals surface area contributed by atoms with Gasteiger partial charge in [0.1, 0.15) is 0 Å². The second-order valence-corrected chi connectivity index (χ2v) is 6.40. The average Bonchev–Trinajstić information content (AvgIpc) is 3.07. The molecule has 2 aromatic carbocycles. The van der Waals surface area contributed by atoms with Crippen molar-refractivity contribution in [2.24, 2.45) is 0 Å². The first kappa shape index (κ1) is 18.5. The van der Waals surface area contributed by atoms with Gasteiger partial charge >= 0.3 is 0 Å². The molecule has 3 aromatic rings. The molecular formula is C21H24N4O2. The second-order valence-electron chi connectivity index (χ2n) is 6.40. The lowest BCUT2D eigenvalue weighted by atomic mass is 10.1. The predicted octanol–water partition coefficient (Wildman–Crippen LogP) is 3.90. The molecule has 0 unspecified atom stereocenters. The molecule has 6 nitrogen and oxygen atoms in total. The first-order chi connectivity index (χ1) is 13.0. The maximum Gasteiger partial charge on any atom is 0.280 e. The molecule has 0 bridgehead atoms. The number of carbonyl (C=O) groups excluding carboxylic acids is 1. The Balaban J connectivity index is 1.87. The number of amides is 1. The van der Waals surface area contributed by atoms with E-state index in [1.165, 1.54) is 0 Å². The number of anilines is 2. The summed E-state index contributed by atoms with van der Waals surface area (Å²) in [5, 5.41) is 7.35. The van der Waals surface area contributed by atoms with E-state index in [2.05, 4.69) is 10.4 Å². The van der Waals surface area contributed by atoms with Crippen LogP contribution in [0, 0.1) is 6.92 Å². The van der Waals surface area contributed by atoms with Crippen LogP contribution in [-0.2, 0) is 0 Å². The Labute approximate surface area is 159 Å². The summed E-state index contributed by atoms with van der Waals surface area (Å²) in [5.41, 5.74) is 4.03. The van der Waals surface area contributed by atoms with Crippen molar-refractivity contribution in [2.45, 2.75) is 13.8 Å². The van der Waals surface area contributed by atoms with Crippen LogP contribution in [0.15, 0.2) is 54.7 Å². The van der Waals surface area contributed by atoms with Gasteiger partial charge in [0.25, 0.3) is 5.91 Å². The van der Waals surface area contributed by atoms with Gasteiger partial charge in [-0.05, 0) is 49.7 Å². The number of benzene rings is 2. The standard InChI is InChI=1S/C21H24N4O2/c1-5-27-19-14-25(17-9-7-6-8-10-17)23-20(19)21(26)22-16-11-12-18(24(3)4)15(2)13-16/h6-14H,5H2,1-4H3,(H,22,26). The minimum absolute atomic E-state index is 0.259. The molecular weight excluding hydrogens is 340 g/mol. The number of hydrogen-bond acceptors (Lipinski definition) is 4. The summed E-state index contributed by atoms with van der Waals surface area (Å²) in [6, 6.07) is 15.4. The fourth-order valence-electron chi connectivity index (χ4n) is 2.91. The van der Waals surface area contributed by atoms with E-state index < -0.39 is 0 Å². The van der Waals surface area contributed by atoms with Crippen LogP contribution in [0.5, 0.6) is 5.75 Å². The van der Waals surface area contributed by atoms with Crippen molar-refractivity contribution in [3.63, 3.8) is 0 Å². The highest BCUT2D eigenvalue weighted by Gasteiger charge is 2.19. The normalized spacial score (nSPS) is 10.5. The summed E-state index contributed by atoms with van der Waals surface area (Å²) in [5.74, 6) is 0.158. The number of para-hydroxylation sites is 1. The van der Waals surface area contributed by atoms with E-state index >= 15 is 0 Å². The van der Waals surface area contributed by atoms with Crippen molar-refractivity contribution in [3.05, 3.63) is 66.0 Å². The second kappa shape index (κ2) is 7.95. The Morgan fingerprint density at radius 2 is 1.93 bits per heavy atom. The molecule has 1 amide bonds. The molecule has 0 aliphatic rings. The highest BCUT2D eigenvalue weighted by atomic mass is 16.5. The third-order valence-electron chi connectivity index (χ3n) is 4.15. The minimum atomic E-state index is -0.301. The summed E-state index contributed by atoms with van der Waals surface area (Å²) in [7, 11) is 3.98. The van der Waals surface area contributed by atoms with Crippen molar-refractivity contribution >= 4 is 17.3 Å². The molecule has 0 spiro atoms. The van der Waals surface area contributed by atoms with Crippen molar-refractivity contribution in [3.8, 4) is 11.4 Å². The van der Waals surface area contributed by atoms with Gasteiger partial charge in [-0.3, -0.25) is 4.79 Å². The first-order valence-corrected chi connectivity index (χ1v) is 8.86. The van der Waals surface area contributed by atoms with E-state index in [9.17, 15) is 4.79 Å². The van der Waals surface area contributed by atoms with Gasteiger partial charge in [0.2, 0.25) is 0 Å². The molecule has 0 atom stereocenters. The number of hydrogen-bond donors (Lipinski definition) is 1. The quantitative estimate of drug-likeness (QED) is 0.721. The Morgan fingerprint density at radius 1 is 1.19 bits per heavy atom. The largest absolute Gasteiger partial charge is 0.490 e. The fraction of sp³-hybridized carbons (Fsp3) is 0.238. The summed E-state index contributed by atoms with van der Waals surface area (Å²) < 4.78 is 7.27. The van der Waals surface area contributed by atoms with E-state index in [0.717, 1.165) is 22.6 Å². The van der Waals surface area contributed by atoms with Gasteiger partial charge < -0.3 is 15.0 Å². The summed E-state index contributed by atoms with van der Waals surface area (Å²) in [6.07, 6.45) is 1.73. The van der Waals surface area contributed by atoms with Gasteiger partial charge in [-0.15, -0.1) is 0 Å². The molecule has 0 saturated carbocycles. The average molecular weight is 364 g/mol. The third-order valence-corrected chi connectivity index (χ3v) is 4.15. The van der Waals surface area contributed by atoms with Crippen LogP contribution in [-0.4, -0.2) is 36.4 Å². The molecule has 27 heavy (non-hydrogen) atoms. The molecule has 3 rings (SSSR count). The van der Waals surface area contributed by atoms with E-state index in [1.54, 1.807) is 10.9 Å². The van der Waals surface area contributed by atoms with Gasteiger partial charge in [0.05, 0.1) is 18.5 Å². The fourth-order valence-corrected chi connectivity index (χ4v) is 2.91. The zero-order valence-corrected chi connectivity index (χ0v) is 16.1. The zero-order valence-electron chi connectivity index (χ0n) is 16.1. The van der Waals surface area contributed by atoms with Gasteiger partial charge in [-0.1, -0.05) is 18.2 Å². The molecule has 1 heterocycles. The van der Waals surface area contributed by atoms with Crippen molar-refractivity contribution < 1.29 is 9.53 Å². The van der Waals surface area contributed by atoms with Crippen LogP contribution in [0.2, 0.25) is 0 Å². The van der Waals surface area contributed by atoms with Gasteiger partial charge in [-0.2, -0.15) is 5.10 Å². The predicted molar refractivity (Wildman–Crippen MR) is 108 cm³/mol. The number of rotatable bonds is 6. The van der Waals surface area contributed by atoms with Crippen LogP contribution in [0.4, 0.5) is 11.4 Å². The lowest BCUT2D eigenvalue weighted by Gasteiger charge is -2.16. The van der Waals surface area contributed by atoms with Crippen LogP contribution >= 0.6 is 0 Å². The molecule has 0 aliphatic heterocycles. The Morgan fingerprint density at radius 3 is 2.56 bits per heavy atom. The van der Waals surface area contributed by atoms with Gasteiger partial charge in [0.15, 0.2) is 11.4 Å². The number of nitrogens with one attached hydrogen (secondary N) is 1. The molecule has 1 N–H and O–H groups in total. The minimum Gasteiger partial charge on any atom is -0.490 e. The zero-order chi connectivity index (χ0) is 19.4. The first-order valence-electron chi connectivity index (χ1n) is 8.86. The molecule has 1 aromatic heterocycles. The summed E-state index contributed by atoms with van der Waals surface area (Å²) >= 11 is 0. The molecule has 0 aliphatic carbocycles. The topological polar surface area (TPSA) is 59.4 Å². The van der Waals surface area contributed by atoms with E-state index in [-0.39, 0.29) is 11.6 Å². The third kappa shape index (κ3) is 4.11. The molecule has 0 radical (unpaired) electrons. The lowest BCUT2D eigenvalue weighted by molar-refractivity contribution is 0.101. The number of aromatic nitrogens is 2. The van der Waals surface area contributed by atoms with E-state index in [4.69, 9.17) is 4.74 Å². The van der Waals surface area contributed by atoms with E-state index in [0.29, 0.717) is 12.4 Å². The highest BCUT2D eigenvalue weighted by molar-refractivity contribution is 6.04. The maximum atomic E-state index is 12.8. The van der Waals surface area contributed by atoms with Crippen molar-refractivity contribution in [1.82, 2.24) is 9.78 Å². The number of ether oxygens (including phenoxy) is 1. The molecule has 6 heteroatoms. The van der Waals surface area contributed by atoms with Crippen LogP contribution in [0.25, 0.3) is 5.69 Å². The summed E-state index contributed by atoms with van der Waals surface area (Å²) in [6.45, 7) is 4.35. The monoisotopic (exact) mass is 364 g/mol. The Kier molecular flexibility index (Phi) is 5.45. The van der Waals surface area contributed by atoms with Crippen LogP contribution < -0.4 is 15.0 Å². The van der Waals surface area contributed by atoms with Crippen LogP contribution in [0.1, 0.15) is 23.0 Å². The van der Waals surface area contributed by atoms with Crippen molar-refractivity contribution in [2.75, 3.05) is 30.9 Å². The molecule has 0 fully saturated rings. The van der Waals surface area contributed by atoms with Gasteiger partial charge in [-0.25, -0.2) is 4.68 Å². The van der Waals surface area contributed by atoms with Crippen molar-refractivity contribution in [1.29, 1.82) is 0 Å².